The van der Waals surface area contributed by atoms with Crippen molar-refractivity contribution in [3.63, 3.8) is 0 Å². The van der Waals surface area contributed by atoms with Gasteiger partial charge in [0, 0.05) is 12.8 Å². The maximum Gasteiger partial charge on any atom is 0.210 e. The van der Waals surface area contributed by atoms with Crippen molar-refractivity contribution in [2.45, 2.75) is 72.0 Å². The van der Waals surface area contributed by atoms with Crippen LogP contribution in [0.4, 0.5) is 0 Å². The first-order chi connectivity index (χ1) is 12.1. The predicted octanol–water partition coefficient (Wildman–Crippen LogP) is 2.12. The van der Waals surface area contributed by atoms with E-state index in [-0.39, 0.29) is 31.1 Å². The highest BCUT2D eigenvalue weighted by Crippen LogP contribution is 2.73. The van der Waals surface area contributed by atoms with Crippen LogP contribution in [-0.2, 0) is 14.4 Å². The molecule has 0 heterocycles. The molecule has 0 aromatic heterocycles. The normalized spacial score (nSPS) is 38.0. The summed E-state index contributed by atoms with van der Waals surface area (Å²) in [6.45, 7) is 10.7. The van der Waals surface area contributed by atoms with E-state index in [2.05, 4.69) is 0 Å². The molecule has 0 aromatic rings. The zero-order valence-corrected chi connectivity index (χ0v) is 16.9. The Kier molecular flexibility index (Phi) is 4.12. The molecule has 6 heteroatoms. The van der Waals surface area contributed by atoms with Crippen LogP contribution in [0.2, 0.25) is 0 Å². The van der Waals surface area contributed by atoms with Gasteiger partial charge in [0.1, 0.15) is 11.3 Å². The van der Waals surface area contributed by atoms with Crippen molar-refractivity contribution in [3.8, 4) is 0 Å². The first-order valence-electron chi connectivity index (χ1n) is 9.63. The number of Topliss-reactive ketones (excluding diaryl/α,β-unsaturated/α-hetero) is 3. The quantitative estimate of drug-likeness (QED) is 0.510. The second kappa shape index (κ2) is 5.51. The zero-order valence-electron chi connectivity index (χ0n) is 16.9. The van der Waals surface area contributed by atoms with Crippen LogP contribution in [0.15, 0.2) is 11.3 Å². The van der Waals surface area contributed by atoms with Gasteiger partial charge in [-0.25, -0.2) is 0 Å². The van der Waals surface area contributed by atoms with Gasteiger partial charge in [-0.1, -0.05) is 27.7 Å². The molecule has 27 heavy (non-hydrogen) atoms. The highest BCUT2D eigenvalue weighted by atomic mass is 16.3. The van der Waals surface area contributed by atoms with Crippen molar-refractivity contribution in [2.24, 2.45) is 28.6 Å². The minimum absolute atomic E-state index is 0.0335. The van der Waals surface area contributed by atoms with Gasteiger partial charge in [-0.3, -0.25) is 14.4 Å². The number of carbonyl (C=O) groups is 3. The van der Waals surface area contributed by atoms with E-state index in [4.69, 9.17) is 0 Å². The molecule has 0 saturated heterocycles. The summed E-state index contributed by atoms with van der Waals surface area (Å²) in [7, 11) is 0. The Bertz CT molecular complexity index is 768. The van der Waals surface area contributed by atoms with E-state index in [0.717, 1.165) is 0 Å². The summed E-state index contributed by atoms with van der Waals surface area (Å²) in [5.74, 6) is -3.54. The van der Waals surface area contributed by atoms with Gasteiger partial charge in [0.2, 0.25) is 5.78 Å². The van der Waals surface area contributed by atoms with Crippen molar-refractivity contribution in [3.05, 3.63) is 11.3 Å². The van der Waals surface area contributed by atoms with Gasteiger partial charge in [-0.05, 0) is 43.4 Å². The third kappa shape index (κ3) is 2.23. The molecular weight excluding hydrogens is 348 g/mol. The molecule has 2 fully saturated rings. The lowest BCUT2D eigenvalue weighted by Crippen LogP contribution is -2.53. The monoisotopic (exact) mass is 378 g/mol. The van der Waals surface area contributed by atoms with Crippen molar-refractivity contribution >= 4 is 17.3 Å². The third-order valence-electron chi connectivity index (χ3n) is 7.30. The van der Waals surface area contributed by atoms with Crippen LogP contribution in [-0.4, -0.2) is 43.9 Å². The minimum atomic E-state index is -2.42. The van der Waals surface area contributed by atoms with E-state index in [1.807, 2.05) is 27.7 Å². The van der Waals surface area contributed by atoms with E-state index in [1.165, 1.54) is 0 Å². The Balaban J connectivity index is 2.24. The smallest absolute Gasteiger partial charge is 0.210 e. The minimum Gasteiger partial charge on any atom is -0.511 e. The zero-order chi connectivity index (χ0) is 20.7. The highest BCUT2D eigenvalue weighted by Gasteiger charge is 2.81. The molecule has 0 aliphatic heterocycles. The number of aliphatic hydroxyl groups excluding tert-OH is 1. The molecule has 4 atom stereocenters. The van der Waals surface area contributed by atoms with Crippen LogP contribution in [0.3, 0.4) is 0 Å². The maximum absolute atomic E-state index is 13.1. The highest BCUT2D eigenvalue weighted by molar-refractivity contribution is 6.33. The molecule has 2 saturated carbocycles. The number of rotatable bonds is 4. The number of carbonyl (C=O) groups excluding carboxylic acids is 3. The fourth-order valence-electron chi connectivity index (χ4n) is 6.19. The summed E-state index contributed by atoms with van der Waals surface area (Å²) in [6.07, 6.45) is 0.0679. The average molecular weight is 378 g/mol. The Labute approximate surface area is 159 Å². The molecule has 0 bridgehead atoms. The fourth-order valence-corrected chi connectivity index (χ4v) is 6.19. The van der Waals surface area contributed by atoms with Crippen molar-refractivity contribution in [1.82, 2.24) is 0 Å². The lowest BCUT2D eigenvalue weighted by atomic mass is 9.67. The van der Waals surface area contributed by atoms with E-state index in [0.29, 0.717) is 0 Å². The van der Waals surface area contributed by atoms with Crippen molar-refractivity contribution in [1.29, 1.82) is 0 Å². The summed E-state index contributed by atoms with van der Waals surface area (Å²) >= 11 is 0. The molecule has 3 N–H and O–H groups in total. The summed E-state index contributed by atoms with van der Waals surface area (Å²) < 4.78 is 0. The van der Waals surface area contributed by atoms with Crippen LogP contribution in [0.1, 0.15) is 60.8 Å². The molecule has 4 unspecified atom stereocenters. The molecule has 3 aliphatic rings. The topological polar surface area (TPSA) is 112 Å². The van der Waals surface area contributed by atoms with Crippen LogP contribution in [0.5, 0.6) is 0 Å². The lowest BCUT2D eigenvalue weighted by Gasteiger charge is -2.39. The lowest BCUT2D eigenvalue weighted by molar-refractivity contribution is -0.154. The maximum atomic E-state index is 13.1. The van der Waals surface area contributed by atoms with Gasteiger partial charge in [0.15, 0.2) is 17.2 Å². The molecule has 6 nitrogen and oxygen atoms in total. The molecular formula is C21H30O6. The molecule has 0 radical (unpaired) electrons. The van der Waals surface area contributed by atoms with Gasteiger partial charge in [-0.2, -0.15) is 0 Å². The Morgan fingerprint density at radius 3 is 2.30 bits per heavy atom. The van der Waals surface area contributed by atoms with Crippen LogP contribution in [0, 0.1) is 28.6 Å². The molecule has 1 spiro atoms. The molecule has 150 valence electrons. The SMILES string of the molecule is CC(C)CC(=O)C1=C(O)C23CC(C(C)(C)O)C(C)(C)C2CC(=O)C3(O)C1=O. The Morgan fingerprint density at radius 1 is 1.26 bits per heavy atom. The predicted molar refractivity (Wildman–Crippen MR) is 97.8 cm³/mol. The standard InChI is InChI=1S/C21H30O6/c1-10(2)7-11(22)15-16(24)20-9-13(19(5,6)26)18(3,4)12(20)8-14(23)21(20,27)17(15)25/h10,12-13,24,26-27H,7-9H2,1-6H3. The molecule has 0 amide bonds. The van der Waals surface area contributed by atoms with Gasteiger partial charge in [0.05, 0.1) is 11.0 Å². The number of hydrogen-bond acceptors (Lipinski definition) is 6. The third-order valence-corrected chi connectivity index (χ3v) is 7.30. The molecule has 3 rings (SSSR count). The van der Waals surface area contributed by atoms with Crippen molar-refractivity contribution < 1.29 is 29.7 Å². The van der Waals surface area contributed by atoms with E-state index in [1.54, 1.807) is 13.8 Å². The van der Waals surface area contributed by atoms with E-state index >= 15 is 0 Å². The second-order valence-electron chi connectivity index (χ2n) is 10.2. The summed E-state index contributed by atoms with van der Waals surface area (Å²) in [6, 6.07) is 0. The van der Waals surface area contributed by atoms with Gasteiger partial charge < -0.3 is 15.3 Å². The second-order valence-corrected chi connectivity index (χ2v) is 10.2. The number of aliphatic hydroxyl groups is 3. The summed E-state index contributed by atoms with van der Waals surface area (Å²) in [4.78, 5) is 38.6. The Hall–Kier alpha value is -1.53. The van der Waals surface area contributed by atoms with Crippen LogP contribution < -0.4 is 0 Å². The number of hydrogen-bond donors (Lipinski definition) is 3. The van der Waals surface area contributed by atoms with Crippen LogP contribution in [0.25, 0.3) is 0 Å². The van der Waals surface area contributed by atoms with Gasteiger partial charge >= 0.3 is 0 Å². The average Bonchev–Trinajstić information content (AvgIpc) is 2.94. The molecule has 0 aromatic carbocycles. The van der Waals surface area contributed by atoms with E-state index < -0.39 is 56.6 Å². The largest absolute Gasteiger partial charge is 0.511 e. The summed E-state index contributed by atoms with van der Waals surface area (Å²) in [5, 5.41) is 33.2. The Morgan fingerprint density at radius 2 is 1.81 bits per heavy atom. The van der Waals surface area contributed by atoms with Crippen molar-refractivity contribution in [2.75, 3.05) is 0 Å². The fraction of sp³-hybridized carbons (Fsp3) is 0.762. The van der Waals surface area contributed by atoms with Crippen LogP contribution >= 0.6 is 0 Å². The first kappa shape index (κ1) is 20.2. The first-order valence-corrected chi connectivity index (χ1v) is 9.63. The number of ketones is 3. The van der Waals surface area contributed by atoms with Gasteiger partial charge in [0.25, 0.3) is 0 Å². The van der Waals surface area contributed by atoms with Gasteiger partial charge in [-0.15, -0.1) is 0 Å². The summed E-state index contributed by atoms with van der Waals surface area (Å²) in [5.41, 5.74) is -6.13. The van der Waals surface area contributed by atoms with E-state index in [9.17, 15) is 29.7 Å². The molecule has 3 aliphatic carbocycles.